The molecule has 0 amide bonds. The molecule has 14 nitrogen and oxygen atoms in total. The second kappa shape index (κ2) is 21.2. The highest BCUT2D eigenvalue weighted by Crippen LogP contribution is 2.38. The molecule has 18 heteroatoms. The van der Waals surface area contributed by atoms with Gasteiger partial charge in [0.1, 0.15) is 23.6 Å². The van der Waals surface area contributed by atoms with Gasteiger partial charge in [0.05, 0.1) is 43.5 Å². The van der Waals surface area contributed by atoms with E-state index in [-0.39, 0.29) is 12.4 Å². The molecule has 2 atom stereocenters. The van der Waals surface area contributed by atoms with Crippen molar-refractivity contribution in [1.29, 1.82) is 0 Å². The highest BCUT2D eigenvalue weighted by Gasteiger charge is 2.39. The van der Waals surface area contributed by atoms with Crippen LogP contribution in [0.5, 0.6) is 5.75 Å². The number of hydrogen-bond acceptors (Lipinski definition) is 11. The van der Waals surface area contributed by atoms with E-state index in [9.17, 15) is 16.8 Å². The standard InChI is InChI=1S/C44H47ClN6O2.2CH4O3S.ClH/c1-52-33-5-9-39-36(26-33)43-38-28-51(21-15-31(38)3-8-41(43)47-39)24-23-50-19-13-30(14-20-50)29-11-17-49(18-12-29)22-16-46-44-35-7-4-32(45)25-42(35)48-40-10-6-34(53-2)27-37(40)44;2*1-5(2,3)4;/h3-10,15-16,21,23-27,29-30,39,41,47H,11-14,17-20,22,28H2,1-2H3;2*1H3,(H,2,3,4);1H/b24-23+,46-16?;;;. The van der Waals surface area contributed by atoms with Crippen LogP contribution < -0.4 is 22.5 Å². The monoisotopic (exact) mass is 954 g/mol. The van der Waals surface area contributed by atoms with Gasteiger partial charge in [-0.15, -0.1) is 0 Å². The van der Waals surface area contributed by atoms with E-state index in [4.69, 9.17) is 40.2 Å². The van der Waals surface area contributed by atoms with Crippen molar-refractivity contribution in [3.8, 4) is 5.75 Å². The molecule has 0 bridgehead atoms. The van der Waals surface area contributed by atoms with E-state index in [1.54, 1.807) is 14.2 Å². The smallest absolute Gasteiger partial charge is 0.261 e. The van der Waals surface area contributed by atoms with E-state index >= 15 is 0 Å². The third kappa shape index (κ3) is 12.8. The van der Waals surface area contributed by atoms with Gasteiger partial charge < -0.3 is 37.0 Å². The molecule has 64 heavy (non-hydrogen) atoms. The number of quaternary nitrogens is 1. The Bertz CT molecular complexity index is 2640. The predicted octanol–water partition coefficient (Wildman–Crippen LogP) is 3.07. The number of aliphatic imine (C=N–C) groups is 1. The molecule has 0 saturated carbocycles. The van der Waals surface area contributed by atoms with Crippen molar-refractivity contribution < 1.29 is 53.1 Å². The number of aromatic nitrogens is 1. The summed E-state index contributed by atoms with van der Waals surface area (Å²) in [5.74, 6) is 3.37. The quantitative estimate of drug-likeness (QED) is 0.171. The number of fused-ring (bicyclic) bond motifs is 5. The van der Waals surface area contributed by atoms with Crippen LogP contribution in [0.1, 0.15) is 25.7 Å². The van der Waals surface area contributed by atoms with Crippen molar-refractivity contribution in [1.82, 2.24) is 19.7 Å². The Labute approximate surface area is 387 Å². The molecule has 2 saturated heterocycles. The highest BCUT2D eigenvalue weighted by atomic mass is 35.5. The van der Waals surface area contributed by atoms with E-state index in [0.29, 0.717) is 29.6 Å². The zero-order valence-electron chi connectivity index (χ0n) is 36.3. The summed E-state index contributed by atoms with van der Waals surface area (Å²) in [7, 11) is -3.88. The molecule has 2 aliphatic carbocycles. The summed E-state index contributed by atoms with van der Waals surface area (Å²) >= 11 is 6.32. The number of pyridine rings is 1. The summed E-state index contributed by atoms with van der Waals surface area (Å²) in [6.45, 7) is 6.28. The summed E-state index contributed by atoms with van der Waals surface area (Å²) in [5.41, 5.74) is 8.32. The number of ether oxygens (including phenoxy) is 2. The maximum atomic E-state index is 9.19. The van der Waals surface area contributed by atoms with Crippen LogP contribution in [0, 0.1) is 11.8 Å². The number of halogens is 2. The van der Waals surface area contributed by atoms with E-state index in [0.717, 1.165) is 90.1 Å². The van der Waals surface area contributed by atoms with Crippen molar-refractivity contribution in [2.75, 3.05) is 66.0 Å². The first-order valence-electron chi connectivity index (χ1n) is 21.0. The SMILES string of the molecule is COC1=CC2=C3C4=C(C=CC3[NH2+]C2C=C1)C=CN(/C=C/N1CCC(C2CCN(CC=Nc3c5ccc(Cl)cc5nc5ccc(OC)cc35)CC2)CC1)C4.CS(=O)(=O)O.CS(=O)(=O)O.[Cl-]. The number of rotatable bonds is 8. The Hall–Kier alpha value is -4.52. The molecule has 2 aromatic carbocycles. The second-order valence-corrected chi connectivity index (χ2v) is 20.0. The number of benzene rings is 2. The van der Waals surface area contributed by atoms with E-state index in [2.05, 4.69) is 81.3 Å². The minimum Gasteiger partial charge on any atom is -1.00 e. The maximum Gasteiger partial charge on any atom is 0.261 e. The third-order valence-electron chi connectivity index (χ3n) is 12.2. The Morgan fingerprint density at radius 3 is 2.19 bits per heavy atom. The minimum absolute atomic E-state index is 0. The average Bonchev–Trinajstić information content (AvgIpc) is 3.63. The molecule has 1 aromatic heterocycles. The van der Waals surface area contributed by atoms with Crippen molar-refractivity contribution in [3.05, 3.63) is 125 Å². The van der Waals surface area contributed by atoms with Crippen molar-refractivity contribution in [2.45, 2.75) is 37.8 Å². The van der Waals surface area contributed by atoms with Crippen LogP contribution in [0.2, 0.25) is 5.02 Å². The first-order chi connectivity index (χ1) is 30.0. The number of nitrogens with zero attached hydrogens (tertiary/aromatic N) is 5. The van der Waals surface area contributed by atoms with Crippen LogP contribution >= 0.6 is 11.6 Å². The minimum atomic E-state index is -3.67. The number of methoxy groups -OCH3 is 2. The first kappa shape index (κ1) is 48.9. The molecule has 344 valence electrons. The summed E-state index contributed by atoms with van der Waals surface area (Å²) in [5, 5.41) is 5.13. The molecule has 9 rings (SSSR count). The van der Waals surface area contributed by atoms with Crippen molar-refractivity contribution in [3.63, 3.8) is 0 Å². The van der Waals surface area contributed by atoms with Gasteiger partial charge in [-0.2, -0.15) is 16.8 Å². The number of hydrogen-bond donors (Lipinski definition) is 3. The van der Waals surface area contributed by atoms with Gasteiger partial charge in [-0.05, 0) is 129 Å². The summed E-state index contributed by atoms with van der Waals surface area (Å²) in [4.78, 5) is 17.3. The predicted molar refractivity (Wildman–Crippen MR) is 249 cm³/mol. The summed E-state index contributed by atoms with van der Waals surface area (Å²) < 4.78 is 62.9. The zero-order chi connectivity index (χ0) is 44.9. The molecule has 4 N–H and O–H groups in total. The lowest BCUT2D eigenvalue weighted by atomic mass is 9.79. The Balaban J connectivity index is 0.000000560. The fraction of sp³-hybridized carbons (Fsp3) is 0.391. The Morgan fingerprint density at radius 1 is 0.844 bits per heavy atom. The van der Waals surface area contributed by atoms with E-state index in [1.165, 1.54) is 48.0 Å². The van der Waals surface area contributed by atoms with E-state index < -0.39 is 20.2 Å². The van der Waals surface area contributed by atoms with Gasteiger partial charge in [0.15, 0.2) is 0 Å². The van der Waals surface area contributed by atoms with Crippen LogP contribution in [0.3, 0.4) is 0 Å². The fourth-order valence-corrected chi connectivity index (χ4v) is 9.39. The average molecular weight is 956 g/mol. The number of piperidine rings is 2. The topological polar surface area (TPSA) is 179 Å². The normalized spacial score (nSPS) is 21.6. The lowest BCUT2D eigenvalue weighted by Gasteiger charge is -2.40. The molecule has 3 aromatic rings. The molecule has 4 aliphatic heterocycles. The lowest BCUT2D eigenvalue weighted by molar-refractivity contribution is -0.678. The van der Waals surface area contributed by atoms with Crippen molar-refractivity contribution >= 4 is 65.5 Å². The van der Waals surface area contributed by atoms with E-state index in [1.807, 2.05) is 36.4 Å². The van der Waals surface area contributed by atoms with Crippen LogP contribution in [0.4, 0.5) is 5.69 Å². The van der Waals surface area contributed by atoms with Crippen LogP contribution in [-0.4, -0.2) is 130 Å². The second-order valence-electron chi connectivity index (χ2n) is 16.6. The number of nitrogens with two attached hydrogens (primary N) is 1. The van der Waals surface area contributed by atoms with Gasteiger partial charge >= 0.3 is 0 Å². The van der Waals surface area contributed by atoms with Gasteiger partial charge in [0, 0.05) is 77.9 Å². The molecule has 2 fully saturated rings. The molecule has 0 spiro atoms. The molecular weight excluding hydrogens is 900 g/mol. The third-order valence-corrected chi connectivity index (χ3v) is 12.4. The molecule has 2 unspecified atom stereocenters. The zero-order valence-corrected chi connectivity index (χ0v) is 39.5. The van der Waals surface area contributed by atoms with Gasteiger partial charge in [0.25, 0.3) is 20.2 Å². The largest absolute Gasteiger partial charge is 1.00 e. The molecule has 6 aliphatic rings. The van der Waals surface area contributed by atoms with Crippen LogP contribution in [0.25, 0.3) is 21.8 Å². The summed E-state index contributed by atoms with van der Waals surface area (Å²) in [6.07, 6.45) is 29.0. The maximum absolute atomic E-state index is 9.19. The lowest BCUT2D eigenvalue weighted by Crippen LogP contribution is -3.00. The van der Waals surface area contributed by atoms with Gasteiger partial charge in [-0.1, -0.05) is 17.7 Å². The van der Waals surface area contributed by atoms with Crippen LogP contribution in [0.15, 0.2) is 124 Å². The fourth-order valence-electron chi connectivity index (χ4n) is 9.22. The molecular formula is C46H56Cl2N6O8S2. The van der Waals surface area contributed by atoms with Gasteiger partial charge in [0.2, 0.25) is 0 Å². The summed E-state index contributed by atoms with van der Waals surface area (Å²) in [6, 6.07) is 12.6. The molecule has 0 radical (unpaired) electrons. The molecule has 5 heterocycles. The number of allylic oxidation sites excluding steroid dienone is 4. The number of likely N-dealkylation sites (tertiary alicyclic amines) is 2. The van der Waals surface area contributed by atoms with Crippen molar-refractivity contribution in [2.24, 2.45) is 16.8 Å². The van der Waals surface area contributed by atoms with Gasteiger partial charge in [-0.25, -0.2) is 4.98 Å². The van der Waals surface area contributed by atoms with Crippen LogP contribution in [-0.2, 0) is 25.0 Å². The van der Waals surface area contributed by atoms with Gasteiger partial charge in [-0.3, -0.25) is 19.0 Å². The Morgan fingerprint density at radius 2 is 1.52 bits per heavy atom. The first-order valence-corrected chi connectivity index (χ1v) is 25.1. The highest BCUT2D eigenvalue weighted by molar-refractivity contribution is 7.85. The Kier molecular flexibility index (Phi) is 16.2.